The van der Waals surface area contributed by atoms with Crippen molar-refractivity contribution in [3.8, 4) is 44.8 Å². The van der Waals surface area contributed by atoms with Crippen molar-refractivity contribution in [2.24, 2.45) is 14.1 Å². The maximum absolute atomic E-state index is 11.3. The molecule has 2 N–H and O–H groups in total. The highest BCUT2D eigenvalue weighted by atomic mass is 35.5. The summed E-state index contributed by atoms with van der Waals surface area (Å²) in [5.41, 5.74) is 14.1. The summed E-state index contributed by atoms with van der Waals surface area (Å²) in [6.07, 6.45) is 15.6. The standard InChI is InChI=1S/C23H20N3.C17H14N4O4.4ClH/c1-25-14-10-20(11-15-25)21-12-16-26(17-13-21)23-8-4-19(5-9-23)18-2-6-22(24)7-3-18;1-18-8-4-13(5-9-18)14-6-10-19(11-7-14)16-3-2-15(20(22)23)12-17(16)21(24)25;;;;/h2-17,24H,1H3;2-12H,1H3;4*1H/q+1;+2;;;;/p-3. The van der Waals surface area contributed by atoms with Crippen molar-refractivity contribution in [2.75, 3.05) is 5.73 Å². The predicted molar refractivity (Wildman–Crippen MR) is 192 cm³/mol. The summed E-state index contributed by atoms with van der Waals surface area (Å²) in [6.45, 7) is 0. The van der Waals surface area contributed by atoms with Crippen LogP contribution in [0.15, 0.2) is 165 Å². The van der Waals surface area contributed by atoms with Crippen molar-refractivity contribution in [3.05, 3.63) is 185 Å². The molecule has 0 atom stereocenters. The number of aryl methyl sites for hydroxylation is 2. The van der Waals surface area contributed by atoms with Crippen LogP contribution in [0.4, 0.5) is 17.1 Å². The molecular formula is C40H35Cl4N7O4. The second-order valence-electron chi connectivity index (χ2n) is 11.8. The van der Waals surface area contributed by atoms with Gasteiger partial charge in [0, 0.05) is 78.5 Å². The molecule has 15 heteroatoms. The summed E-state index contributed by atoms with van der Waals surface area (Å²) in [6, 6.07) is 36.2. The van der Waals surface area contributed by atoms with Gasteiger partial charge < -0.3 is 55.4 Å². The zero-order valence-corrected chi connectivity index (χ0v) is 32.5. The Balaban J connectivity index is 0.000000355. The van der Waals surface area contributed by atoms with E-state index < -0.39 is 9.85 Å². The van der Waals surface area contributed by atoms with Crippen LogP contribution in [0.25, 0.3) is 44.8 Å². The van der Waals surface area contributed by atoms with Crippen molar-refractivity contribution < 1.29 is 77.7 Å². The first kappa shape index (κ1) is 45.2. The number of nitrogens with two attached hydrogens (primary N) is 1. The Kier molecular flexibility index (Phi) is 16.8. The topological polar surface area (TPSA) is 128 Å². The smallest absolute Gasteiger partial charge is 0.347 e. The summed E-state index contributed by atoms with van der Waals surface area (Å²) >= 11 is 0. The fraction of sp³-hybridized carbons (Fsp3) is 0.0500. The van der Waals surface area contributed by atoms with Crippen LogP contribution in [0.3, 0.4) is 0 Å². The molecule has 0 bridgehead atoms. The minimum Gasteiger partial charge on any atom is -1.00 e. The summed E-state index contributed by atoms with van der Waals surface area (Å²) in [5.74, 6) is 0. The summed E-state index contributed by atoms with van der Waals surface area (Å²) < 4.78 is 7.65. The highest BCUT2D eigenvalue weighted by molar-refractivity contribution is 5.66. The van der Waals surface area contributed by atoms with E-state index in [4.69, 9.17) is 5.73 Å². The van der Waals surface area contributed by atoms with Gasteiger partial charge in [-0.1, -0.05) is 12.1 Å². The first-order valence-corrected chi connectivity index (χ1v) is 16.0. The zero-order chi connectivity index (χ0) is 35.9. The van der Waals surface area contributed by atoms with E-state index in [-0.39, 0.29) is 66.7 Å². The molecule has 282 valence electrons. The molecular weight excluding hydrogens is 784 g/mol. The number of halogens is 4. The second-order valence-corrected chi connectivity index (χ2v) is 11.8. The van der Waals surface area contributed by atoms with Gasteiger partial charge in [0.2, 0.25) is 5.69 Å². The fourth-order valence-corrected chi connectivity index (χ4v) is 5.45. The average Bonchev–Trinajstić information content (AvgIpc) is 3.16. The van der Waals surface area contributed by atoms with E-state index in [9.17, 15) is 20.2 Å². The van der Waals surface area contributed by atoms with Crippen LogP contribution in [0.1, 0.15) is 0 Å². The van der Waals surface area contributed by atoms with Gasteiger partial charge in [-0.15, -0.1) is 0 Å². The Labute approximate surface area is 342 Å². The lowest BCUT2D eigenvalue weighted by Gasteiger charge is -2.03. The van der Waals surface area contributed by atoms with Crippen molar-refractivity contribution in [2.45, 2.75) is 0 Å². The van der Waals surface area contributed by atoms with Crippen LogP contribution in [0.2, 0.25) is 0 Å². The van der Waals surface area contributed by atoms with Crippen LogP contribution < -0.4 is 73.6 Å². The highest BCUT2D eigenvalue weighted by Crippen LogP contribution is 2.25. The molecule has 4 heterocycles. The molecule has 7 rings (SSSR count). The van der Waals surface area contributed by atoms with E-state index in [0.717, 1.165) is 28.6 Å². The molecule has 0 amide bonds. The lowest BCUT2D eigenvalue weighted by atomic mass is 10.0. The number of rotatable bonds is 7. The Morgan fingerprint density at radius 1 is 0.455 bits per heavy atom. The number of nitro benzene ring substituents is 2. The number of aromatic nitrogens is 4. The van der Waals surface area contributed by atoms with Crippen molar-refractivity contribution in [3.63, 3.8) is 0 Å². The van der Waals surface area contributed by atoms with Gasteiger partial charge in [-0.05, 0) is 57.6 Å². The third-order valence-corrected chi connectivity index (χ3v) is 8.34. The molecule has 7 aromatic rings. The average molecular weight is 820 g/mol. The summed E-state index contributed by atoms with van der Waals surface area (Å²) in [5, 5.41) is 22.1. The molecule has 0 saturated heterocycles. The Bertz CT molecular complexity index is 2230. The van der Waals surface area contributed by atoms with Crippen molar-refractivity contribution in [1.82, 2.24) is 0 Å². The quantitative estimate of drug-likeness (QED) is 0.0743. The van der Waals surface area contributed by atoms with Crippen LogP contribution in [0, 0.1) is 20.2 Å². The zero-order valence-electron chi connectivity index (χ0n) is 29.5. The van der Waals surface area contributed by atoms with Crippen LogP contribution in [-0.4, -0.2) is 9.85 Å². The first-order chi connectivity index (χ1) is 24.6. The monoisotopic (exact) mass is 817 g/mol. The van der Waals surface area contributed by atoms with Gasteiger partial charge in [0.25, 0.3) is 11.4 Å². The molecule has 0 aliphatic carbocycles. The fourth-order valence-electron chi connectivity index (χ4n) is 5.45. The number of pyridine rings is 4. The third kappa shape index (κ3) is 11.3. The Morgan fingerprint density at radius 3 is 1.22 bits per heavy atom. The molecule has 3 aromatic carbocycles. The SMILES string of the molecule is C[n+]1ccc(-c2cc[n+](-c3ccc(-c4ccc(N)cc4)cc3)cc2)cc1.C[n+]1ccc(-c2cc[n+](-c3ccc([N+](=O)[O-])cc3[N+](=O)[O-])cc2)cc1.[Cl-].[Cl-].[Cl-].[Cl-]. The summed E-state index contributed by atoms with van der Waals surface area (Å²) in [7, 11) is 3.95. The van der Waals surface area contributed by atoms with Gasteiger partial charge in [-0.2, -0.15) is 9.13 Å². The number of non-ortho nitro benzene ring substituents is 1. The molecule has 0 spiro atoms. The first-order valence-electron chi connectivity index (χ1n) is 16.0. The van der Waals surface area contributed by atoms with Gasteiger partial charge in [-0.3, -0.25) is 20.2 Å². The number of nitrogen functional groups attached to an aromatic ring is 1. The second kappa shape index (κ2) is 20.5. The largest absolute Gasteiger partial charge is 1.00 e. The van der Waals surface area contributed by atoms with Crippen molar-refractivity contribution in [1.29, 1.82) is 0 Å². The molecule has 0 aliphatic heterocycles. The van der Waals surface area contributed by atoms with Gasteiger partial charge in [0.1, 0.15) is 20.2 Å². The Hall–Kier alpha value is -5.98. The van der Waals surface area contributed by atoms with E-state index in [1.165, 1.54) is 34.4 Å². The lowest BCUT2D eigenvalue weighted by molar-refractivity contribution is -0.671. The molecule has 11 nitrogen and oxygen atoms in total. The molecule has 0 radical (unpaired) electrons. The van der Waals surface area contributed by atoms with E-state index in [1.54, 1.807) is 17.0 Å². The minimum absolute atomic E-state index is 0. The van der Waals surface area contributed by atoms with Gasteiger partial charge >= 0.3 is 5.69 Å². The maximum Gasteiger partial charge on any atom is 0.347 e. The van der Waals surface area contributed by atoms with Gasteiger partial charge in [-0.25, -0.2) is 9.13 Å². The molecule has 0 aliphatic rings. The van der Waals surface area contributed by atoms with Crippen LogP contribution in [-0.2, 0) is 14.1 Å². The van der Waals surface area contributed by atoms with E-state index in [0.29, 0.717) is 0 Å². The molecule has 0 unspecified atom stereocenters. The predicted octanol–water partition coefficient (Wildman–Crippen LogP) is -6.01. The molecule has 4 aromatic heterocycles. The lowest BCUT2D eigenvalue weighted by Crippen LogP contribution is -3.00. The third-order valence-electron chi connectivity index (χ3n) is 8.34. The number of hydrogen-bond acceptors (Lipinski definition) is 5. The normalized spacial score (nSPS) is 9.78. The Morgan fingerprint density at radius 2 is 0.818 bits per heavy atom. The molecule has 0 fully saturated rings. The molecule has 0 saturated carbocycles. The number of anilines is 1. The van der Waals surface area contributed by atoms with Crippen molar-refractivity contribution >= 4 is 17.1 Å². The van der Waals surface area contributed by atoms with Crippen LogP contribution in [0.5, 0.6) is 0 Å². The van der Waals surface area contributed by atoms with Gasteiger partial charge in [0.15, 0.2) is 49.6 Å². The van der Waals surface area contributed by atoms with Crippen LogP contribution >= 0.6 is 0 Å². The number of nitrogens with zero attached hydrogens (tertiary/aromatic N) is 6. The number of nitro groups is 2. The summed E-state index contributed by atoms with van der Waals surface area (Å²) in [4.78, 5) is 20.8. The minimum atomic E-state index is -0.653. The van der Waals surface area contributed by atoms with E-state index in [1.807, 2.05) is 84.2 Å². The number of hydrogen-bond donors (Lipinski definition) is 1. The highest BCUT2D eigenvalue weighted by Gasteiger charge is 2.26. The van der Waals surface area contributed by atoms with E-state index in [2.05, 4.69) is 77.9 Å². The number of benzene rings is 3. The molecule has 55 heavy (non-hydrogen) atoms. The van der Waals surface area contributed by atoms with Gasteiger partial charge in [0.05, 0.1) is 9.85 Å². The maximum atomic E-state index is 11.3. The van der Waals surface area contributed by atoms with E-state index >= 15 is 0 Å².